The van der Waals surface area contributed by atoms with E-state index in [9.17, 15) is 4.79 Å². The topological polar surface area (TPSA) is 63.1 Å². The van der Waals surface area contributed by atoms with Gasteiger partial charge in [0, 0.05) is 25.2 Å². The van der Waals surface area contributed by atoms with Crippen molar-refractivity contribution in [3.8, 4) is 0 Å². The lowest BCUT2D eigenvalue weighted by molar-refractivity contribution is -0.119. The minimum Gasteiger partial charge on any atom is -0.353 e. The van der Waals surface area contributed by atoms with Crippen LogP contribution in [-0.4, -0.2) is 45.6 Å². The summed E-state index contributed by atoms with van der Waals surface area (Å²) in [6.45, 7) is 2.16. The molecule has 1 aromatic rings. The van der Waals surface area contributed by atoms with Crippen LogP contribution in [0.5, 0.6) is 0 Å². The largest absolute Gasteiger partial charge is 0.353 e. The molecule has 0 aromatic carbocycles. The van der Waals surface area contributed by atoms with Crippen molar-refractivity contribution in [1.29, 1.82) is 0 Å². The van der Waals surface area contributed by atoms with Crippen molar-refractivity contribution in [2.24, 2.45) is 0 Å². The van der Waals surface area contributed by atoms with Crippen molar-refractivity contribution >= 4 is 23.6 Å². The number of hydrogen-bond donors (Lipinski definition) is 1. The van der Waals surface area contributed by atoms with Crippen LogP contribution in [0.2, 0.25) is 0 Å². The molecule has 1 aromatic heterocycles. The van der Waals surface area contributed by atoms with Gasteiger partial charge in [0.1, 0.15) is 0 Å². The number of nitrogens with one attached hydrogen (secondary N) is 1. The van der Waals surface area contributed by atoms with Gasteiger partial charge < -0.3 is 10.2 Å². The van der Waals surface area contributed by atoms with Gasteiger partial charge in [-0.25, -0.2) is 0 Å². The van der Waals surface area contributed by atoms with E-state index >= 15 is 0 Å². The fourth-order valence-corrected chi connectivity index (χ4v) is 4.61. The van der Waals surface area contributed by atoms with Gasteiger partial charge in [-0.1, -0.05) is 31.0 Å². The molecule has 24 heavy (non-hydrogen) atoms. The van der Waals surface area contributed by atoms with Crippen LogP contribution in [-0.2, 0) is 4.79 Å². The van der Waals surface area contributed by atoms with E-state index in [0.717, 1.165) is 37.0 Å². The summed E-state index contributed by atoms with van der Waals surface area (Å²) in [5, 5.41) is 12.9. The van der Waals surface area contributed by atoms with Gasteiger partial charge >= 0.3 is 0 Å². The molecule has 4 rings (SSSR count). The summed E-state index contributed by atoms with van der Waals surface area (Å²) in [5.74, 6) is 1.60. The third-order valence-electron chi connectivity index (χ3n) is 5.25. The molecule has 3 aliphatic rings. The Hall–Kier alpha value is -1.24. The number of carbonyl (C=O) groups excluding carboxylic acids is 1. The minimum atomic E-state index is 0.139. The van der Waals surface area contributed by atoms with Crippen LogP contribution in [0.25, 0.3) is 0 Å². The van der Waals surface area contributed by atoms with Gasteiger partial charge in [-0.05, 0) is 38.5 Å². The van der Waals surface area contributed by atoms with Gasteiger partial charge in [0.05, 0.1) is 5.75 Å². The molecule has 7 heteroatoms. The van der Waals surface area contributed by atoms with E-state index in [2.05, 4.69) is 25.0 Å². The van der Waals surface area contributed by atoms with Crippen molar-refractivity contribution < 1.29 is 4.79 Å². The standard InChI is InChI=1S/C17H27N5OS/c23-15(18-13-6-2-1-3-7-13)12-24-17-20-19-16(21-10-4-5-11-21)22(17)14-8-9-14/h13-14H,1-12H2,(H,18,23). The van der Waals surface area contributed by atoms with Gasteiger partial charge in [0.25, 0.3) is 0 Å². The maximum atomic E-state index is 12.2. The van der Waals surface area contributed by atoms with Crippen molar-refractivity contribution in [2.45, 2.75) is 75.0 Å². The number of rotatable bonds is 6. The number of anilines is 1. The summed E-state index contributed by atoms with van der Waals surface area (Å²) < 4.78 is 2.28. The predicted molar refractivity (Wildman–Crippen MR) is 95.5 cm³/mol. The number of aromatic nitrogens is 3. The summed E-state index contributed by atoms with van der Waals surface area (Å²) in [4.78, 5) is 14.6. The Labute approximate surface area is 147 Å². The Kier molecular flexibility index (Phi) is 4.96. The van der Waals surface area contributed by atoms with Crippen LogP contribution < -0.4 is 10.2 Å². The minimum absolute atomic E-state index is 0.139. The molecule has 3 fully saturated rings. The van der Waals surface area contributed by atoms with Crippen LogP contribution >= 0.6 is 11.8 Å². The Morgan fingerprint density at radius 3 is 2.50 bits per heavy atom. The van der Waals surface area contributed by atoms with E-state index < -0.39 is 0 Å². The quantitative estimate of drug-likeness (QED) is 0.800. The zero-order chi connectivity index (χ0) is 16.4. The molecule has 0 atom stereocenters. The number of nitrogens with zero attached hydrogens (tertiary/aromatic N) is 4. The van der Waals surface area contributed by atoms with E-state index in [1.807, 2.05) is 0 Å². The molecular formula is C17H27N5OS. The second-order valence-corrected chi connectivity index (χ2v) is 8.21. The molecule has 6 nitrogen and oxygen atoms in total. The lowest BCUT2D eigenvalue weighted by Crippen LogP contribution is -2.37. The summed E-state index contributed by atoms with van der Waals surface area (Å²) in [5.41, 5.74) is 0. The molecule has 1 saturated heterocycles. The molecular weight excluding hydrogens is 322 g/mol. The first-order valence-electron chi connectivity index (χ1n) is 9.43. The maximum absolute atomic E-state index is 12.2. The number of amides is 1. The lowest BCUT2D eigenvalue weighted by Gasteiger charge is -2.22. The third kappa shape index (κ3) is 3.71. The molecule has 2 heterocycles. The summed E-state index contributed by atoms with van der Waals surface area (Å²) in [7, 11) is 0. The average molecular weight is 350 g/mol. The Balaban J connectivity index is 1.36. The fraction of sp³-hybridized carbons (Fsp3) is 0.824. The van der Waals surface area contributed by atoms with E-state index in [-0.39, 0.29) is 5.91 Å². The van der Waals surface area contributed by atoms with Gasteiger partial charge in [-0.3, -0.25) is 9.36 Å². The molecule has 0 spiro atoms. The molecule has 2 saturated carbocycles. The SMILES string of the molecule is O=C(CSc1nnc(N2CCCC2)n1C1CC1)NC1CCCCC1. The smallest absolute Gasteiger partial charge is 0.230 e. The van der Waals surface area contributed by atoms with Crippen molar-refractivity contribution in [1.82, 2.24) is 20.1 Å². The van der Waals surface area contributed by atoms with Crippen LogP contribution in [0, 0.1) is 0 Å². The van der Waals surface area contributed by atoms with Gasteiger partial charge in [-0.2, -0.15) is 0 Å². The summed E-state index contributed by atoms with van der Waals surface area (Å²) >= 11 is 1.54. The molecule has 0 bridgehead atoms. The second kappa shape index (κ2) is 7.33. The Morgan fingerprint density at radius 2 is 1.79 bits per heavy atom. The normalized spacial score (nSPS) is 22.1. The summed E-state index contributed by atoms with van der Waals surface area (Å²) in [6.07, 6.45) is 11.0. The molecule has 1 aliphatic heterocycles. The van der Waals surface area contributed by atoms with Crippen LogP contribution in [0.15, 0.2) is 5.16 Å². The highest BCUT2D eigenvalue weighted by atomic mass is 32.2. The van der Waals surface area contributed by atoms with Crippen molar-refractivity contribution in [3.63, 3.8) is 0 Å². The first-order chi connectivity index (χ1) is 11.8. The molecule has 0 radical (unpaired) electrons. The first-order valence-corrected chi connectivity index (χ1v) is 10.4. The number of carbonyl (C=O) groups is 1. The van der Waals surface area contributed by atoms with E-state index in [0.29, 0.717) is 17.8 Å². The van der Waals surface area contributed by atoms with Crippen LogP contribution in [0.1, 0.15) is 63.8 Å². The van der Waals surface area contributed by atoms with Crippen LogP contribution in [0.3, 0.4) is 0 Å². The molecule has 2 aliphatic carbocycles. The van der Waals surface area contributed by atoms with Gasteiger partial charge in [-0.15, -0.1) is 10.2 Å². The van der Waals surface area contributed by atoms with E-state index in [1.165, 1.54) is 44.9 Å². The highest BCUT2D eigenvalue weighted by Gasteiger charge is 2.32. The van der Waals surface area contributed by atoms with Gasteiger partial charge in [0.2, 0.25) is 11.9 Å². The molecule has 0 unspecified atom stereocenters. The zero-order valence-electron chi connectivity index (χ0n) is 14.2. The van der Waals surface area contributed by atoms with Crippen molar-refractivity contribution in [2.75, 3.05) is 23.7 Å². The third-order valence-corrected chi connectivity index (χ3v) is 6.19. The number of hydrogen-bond acceptors (Lipinski definition) is 5. The lowest BCUT2D eigenvalue weighted by atomic mass is 9.95. The molecule has 1 N–H and O–H groups in total. The first kappa shape index (κ1) is 16.2. The highest BCUT2D eigenvalue weighted by molar-refractivity contribution is 7.99. The molecule has 132 valence electrons. The van der Waals surface area contributed by atoms with Gasteiger partial charge in [0.15, 0.2) is 5.16 Å². The zero-order valence-corrected chi connectivity index (χ0v) is 15.1. The predicted octanol–water partition coefficient (Wildman–Crippen LogP) is 2.75. The molecule has 1 amide bonds. The summed E-state index contributed by atoms with van der Waals surface area (Å²) in [6, 6.07) is 0.924. The van der Waals surface area contributed by atoms with Crippen molar-refractivity contribution in [3.05, 3.63) is 0 Å². The highest BCUT2D eigenvalue weighted by Crippen LogP contribution is 2.41. The monoisotopic (exact) mass is 349 g/mol. The average Bonchev–Trinajstić information content (AvgIpc) is 3.12. The maximum Gasteiger partial charge on any atom is 0.230 e. The fourth-order valence-electron chi connectivity index (χ4n) is 3.80. The van der Waals surface area contributed by atoms with Crippen LogP contribution in [0.4, 0.5) is 5.95 Å². The Bertz CT molecular complexity index is 574. The van der Waals surface area contributed by atoms with E-state index in [4.69, 9.17) is 0 Å². The van der Waals surface area contributed by atoms with E-state index in [1.54, 1.807) is 11.8 Å². The number of thioether (sulfide) groups is 1. The second-order valence-electron chi connectivity index (χ2n) is 7.27. The Morgan fingerprint density at radius 1 is 1.04 bits per heavy atom.